The molecule has 0 atom stereocenters. The minimum atomic E-state index is -0.456. The number of carbonyl (C=O) groups is 3. The summed E-state index contributed by atoms with van der Waals surface area (Å²) in [5, 5.41) is 7.73. The molecular weight excluding hydrogens is 442 g/mol. The highest BCUT2D eigenvalue weighted by Crippen LogP contribution is 2.28. The zero-order valence-corrected chi connectivity index (χ0v) is 19.5. The molecule has 0 radical (unpaired) electrons. The first-order valence-electron chi connectivity index (χ1n) is 10.5. The number of amides is 2. The van der Waals surface area contributed by atoms with E-state index in [0.717, 1.165) is 11.1 Å². The Labute approximate surface area is 196 Å². The van der Waals surface area contributed by atoms with E-state index in [2.05, 4.69) is 15.6 Å². The Kier molecular flexibility index (Phi) is 8.15. The van der Waals surface area contributed by atoms with Crippen molar-refractivity contribution in [2.24, 2.45) is 0 Å². The lowest BCUT2D eigenvalue weighted by atomic mass is 10.2. The molecule has 172 valence electrons. The molecule has 0 aliphatic heterocycles. The quantitative estimate of drug-likeness (QED) is 0.325. The second kappa shape index (κ2) is 11.2. The molecule has 0 spiro atoms. The van der Waals surface area contributed by atoms with E-state index in [4.69, 9.17) is 9.47 Å². The Bertz CT molecular complexity index is 1140. The highest BCUT2D eigenvalue weighted by Gasteiger charge is 2.19. The van der Waals surface area contributed by atoms with Gasteiger partial charge in [0.1, 0.15) is 22.2 Å². The van der Waals surface area contributed by atoms with Gasteiger partial charge < -0.3 is 14.8 Å². The van der Waals surface area contributed by atoms with Gasteiger partial charge in [0.05, 0.1) is 12.2 Å². The van der Waals surface area contributed by atoms with E-state index >= 15 is 0 Å². The van der Waals surface area contributed by atoms with Gasteiger partial charge in [-0.3, -0.25) is 15.1 Å². The number of benzene rings is 1. The van der Waals surface area contributed by atoms with Crippen LogP contribution < -0.4 is 15.4 Å². The van der Waals surface area contributed by atoms with Crippen molar-refractivity contribution >= 4 is 34.1 Å². The molecule has 0 unspecified atom stereocenters. The number of nitrogens with one attached hydrogen (secondary N) is 2. The number of hydrogen-bond donors (Lipinski definition) is 2. The molecule has 1 aromatic carbocycles. The van der Waals surface area contributed by atoms with Gasteiger partial charge in [-0.05, 0) is 48.6 Å². The molecule has 0 aliphatic carbocycles. The predicted octanol–water partition coefficient (Wildman–Crippen LogP) is 5.33. The summed E-state index contributed by atoms with van der Waals surface area (Å²) in [5.41, 5.74) is 2.36. The third-order valence-electron chi connectivity index (χ3n) is 4.63. The maximum atomic E-state index is 12.3. The van der Waals surface area contributed by atoms with E-state index in [1.54, 1.807) is 50.4 Å². The van der Waals surface area contributed by atoms with E-state index in [9.17, 15) is 14.4 Å². The van der Waals surface area contributed by atoms with E-state index in [0.29, 0.717) is 34.2 Å². The summed E-state index contributed by atoms with van der Waals surface area (Å²) in [6.45, 7) is 5.86. The number of hydrogen-bond acceptors (Lipinski definition) is 7. The topological polar surface area (TPSA) is 107 Å². The molecule has 33 heavy (non-hydrogen) atoms. The number of ether oxygens (including phenoxy) is 2. The molecule has 0 fully saturated rings. The Morgan fingerprint density at radius 3 is 2.52 bits per heavy atom. The first kappa shape index (κ1) is 23.9. The number of rotatable bonds is 9. The van der Waals surface area contributed by atoms with Gasteiger partial charge in [-0.1, -0.05) is 19.1 Å². The van der Waals surface area contributed by atoms with Crippen LogP contribution in [0.2, 0.25) is 0 Å². The summed E-state index contributed by atoms with van der Waals surface area (Å²) in [7, 11) is 0. The van der Waals surface area contributed by atoms with Crippen molar-refractivity contribution in [3.63, 3.8) is 0 Å². The first-order valence-corrected chi connectivity index (χ1v) is 11.3. The third kappa shape index (κ3) is 6.39. The number of aryl methyl sites for hydroxylation is 1. The number of Topliss-reactive ketones (excluding diaryl/α,β-unsaturated/α-hetero) is 1. The van der Waals surface area contributed by atoms with Crippen LogP contribution in [-0.2, 0) is 11.3 Å². The van der Waals surface area contributed by atoms with Gasteiger partial charge in [0.2, 0.25) is 0 Å². The molecule has 0 saturated heterocycles. The van der Waals surface area contributed by atoms with Gasteiger partial charge in [0, 0.05) is 25.2 Å². The average Bonchev–Trinajstić information content (AvgIpc) is 3.18. The lowest BCUT2D eigenvalue weighted by Crippen LogP contribution is -2.28. The number of nitrogens with zero attached hydrogens (tertiary/aromatic N) is 1. The molecule has 2 N–H and O–H groups in total. The largest absolute Gasteiger partial charge is 0.462 e. The van der Waals surface area contributed by atoms with Crippen molar-refractivity contribution in [1.82, 2.24) is 10.3 Å². The van der Waals surface area contributed by atoms with Crippen molar-refractivity contribution in [3.05, 3.63) is 70.4 Å². The van der Waals surface area contributed by atoms with Gasteiger partial charge in [-0.15, -0.1) is 11.3 Å². The molecule has 8 nitrogen and oxygen atoms in total. The Morgan fingerprint density at radius 2 is 1.82 bits per heavy atom. The molecule has 3 aromatic rings. The summed E-state index contributed by atoms with van der Waals surface area (Å²) in [6, 6.07) is 10.1. The fourth-order valence-corrected chi connectivity index (χ4v) is 3.87. The number of thiophene rings is 1. The van der Waals surface area contributed by atoms with Gasteiger partial charge in [0.15, 0.2) is 5.78 Å². The first-order chi connectivity index (χ1) is 15.9. The molecule has 2 aromatic heterocycles. The summed E-state index contributed by atoms with van der Waals surface area (Å²) in [4.78, 5) is 40.3. The van der Waals surface area contributed by atoms with Crippen molar-refractivity contribution in [3.8, 4) is 11.5 Å². The van der Waals surface area contributed by atoms with Crippen LogP contribution in [0.15, 0.2) is 48.0 Å². The van der Waals surface area contributed by atoms with Crippen LogP contribution in [-0.4, -0.2) is 29.4 Å². The van der Waals surface area contributed by atoms with Gasteiger partial charge in [-0.25, -0.2) is 9.59 Å². The van der Waals surface area contributed by atoms with Crippen LogP contribution in [0, 0.1) is 6.92 Å². The Balaban J connectivity index is 1.55. The second-order valence-electron chi connectivity index (χ2n) is 7.05. The van der Waals surface area contributed by atoms with Crippen LogP contribution in [0.25, 0.3) is 0 Å². The van der Waals surface area contributed by atoms with Crippen molar-refractivity contribution in [2.75, 3.05) is 11.9 Å². The molecular formula is C24H25N3O5S. The summed E-state index contributed by atoms with van der Waals surface area (Å²) < 4.78 is 10.9. The van der Waals surface area contributed by atoms with Crippen LogP contribution >= 0.6 is 11.3 Å². The molecule has 2 amide bonds. The monoisotopic (exact) mass is 467 g/mol. The maximum absolute atomic E-state index is 12.3. The van der Waals surface area contributed by atoms with Gasteiger partial charge in [0.25, 0.3) is 0 Å². The van der Waals surface area contributed by atoms with Crippen molar-refractivity contribution in [2.45, 2.75) is 33.7 Å². The standard InChI is InChI=1S/C24H25N3O5S/c1-4-20(28)19-12-18(10-11-25-19)32-17-8-6-16(7-9-17)13-26-24(30)27-22-21(15(3)14-33-22)23(29)31-5-2/h6-12,14H,4-5,13H2,1-3H3,(H2,26,27,30). The number of pyridine rings is 1. The molecule has 3 rings (SSSR count). The van der Waals surface area contributed by atoms with Crippen LogP contribution in [0.5, 0.6) is 11.5 Å². The highest BCUT2D eigenvalue weighted by atomic mass is 32.1. The SMILES string of the molecule is CCOC(=O)c1c(C)csc1NC(=O)NCc1ccc(Oc2ccnc(C(=O)CC)c2)cc1. The van der Waals surface area contributed by atoms with Gasteiger partial charge >= 0.3 is 12.0 Å². The normalized spacial score (nSPS) is 10.4. The molecule has 9 heteroatoms. The molecule has 0 saturated carbocycles. The molecule has 0 bridgehead atoms. The summed E-state index contributed by atoms with van der Waals surface area (Å²) in [5.74, 6) is 0.614. The smallest absolute Gasteiger partial charge is 0.341 e. The number of aromatic nitrogens is 1. The Hall–Kier alpha value is -3.72. The van der Waals surface area contributed by atoms with Crippen molar-refractivity contribution in [1.29, 1.82) is 0 Å². The van der Waals surface area contributed by atoms with Gasteiger partial charge in [-0.2, -0.15) is 0 Å². The third-order valence-corrected chi connectivity index (χ3v) is 5.65. The Morgan fingerprint density at radius 1 is 1.06 bits per heavy atom. The maximum Gasteiger partial charge on any atom is 0.341 e. The van der Waals surface area contributed by atoms with Crippen LogP contribution in [0.3, 0.4) is 0 Å². The zero-order valence-electron chi connectivity index (χ0n) is 18.6. The van der Waals surface area contributed by atoms with E-state index in [1.807, 2.05) is 12.1 Å². The lowest BCUT2D eigenvalue weighted by molar-refractivity contribution is 0.0527. The number of carbonyl (C=O) groups excluding carboxylic acids is 3. The average molecular weight is 468 g/mol. The second-order valence-corrected chi connectivity index (χ2v) is 7.93. The van der Waals surface area contributed by atoms with E-state index < -0.39 is 12.0 Å². The number of urea groups is 1. The fourth-order valence-electron chi connectivity index (χ4n) is 2.94. The van der Waals surface area contributed by atoms with Crippen molar-refractivity contribution < 1.29 is 23.9 Å². The highest BCUT2D eigenvalue weighted by molar-refractivity contribution is 7.15. The number of ketones is 1. The number of anilines is 1. The van der Waals surface area contributed by atoms with Crippen LogP contribution in [0.4, 0.5) is 9.80 Å². The minimum Gasteiger partial charge on any atom is -0.462 e. The fraction of sp³-hybridized carbons (Fsp3) is 0.250. The summed E-state index contributed by atoms with van der Waals surface area (Å²) in [6.07, 6.45) is 1.92. The lowest BCUT2D eigenvalue weighted by Gasteiger charge is -2.10. The number of esters is 1. The zero-order chi connectivity index (χ0) is 23.8. The van der Waals surface area contributed by atoms with Crippen LogP contribution in [0.1, 0.15) is 52.2 Å². The minimum absolute atomic E-state index is 0.0489. The van der Waals surface area contributed by atoms with E-state index in [-0.39, 0.29) is 18.9 Å². The summed E-state index contributed by atoms with van der Waals surface area (Å²) >= 11 is 1.27. The molecule has 2 heterocycles. The predicted molar refractivity (Wildman–Crippen MR) is 126 cm³/mol. The molecule has 0 aliphatic rings. The van der Waals surface area contributed by atoms with E-state index in [1.165, 1.54) is 17.5 Å².